The van der Waals surface area contributed by atoms with Crippen molar-refractivity contribution in [1.29, 1.82) is 0 Å². The average Bonchev–Trinajstić information content (AvgIpc) is 3.08. The lowest BCUT2D eigenvalue weighted by molar-refractivity contribution is -0.131. The highest BCUT2D eigenvalue weighted by atomic mass is 32.1. The molecule has 1 aliphatic heterocycles. The van der Waals surface area contributed by atoms with Crippen LogP contribution in [0.25, 0.3) is 0 Å². The standard InChI is InChI=1S/C18H20FNO2S/c19-15-3-5-16(6-4-15)22-13-14-7-9-20(10-8-14)18(21)12-17-2-1-11-23-17/h1-6,11,14H,7-10,12-13H2. The molecule has 1 aromatic heterocycles. The van der Waals surface area contributed by atoms with Gasteiger partial charge < -0.3 is 9.64 Å². The van der Waals surface area contributed by atoms with E-state index in [9.17, 15) is 9.18 Å². The zero-order chi connectivity index (χ0) is 16.1. The minimum absolute atomic E-state index is 0.213. The smallest absolute Gasteiger partial charge is 0.227 e. The molecule has 1 saturated heterocycles. The van der Waals surface area contributed by atoms with Crippen LogP contribution in [0.4, 0.5) is 4.39 Å². The van der Waals surface area contributed by atoms with Gasteiger partial charge in [0, 0.05) is 18.0 Å². The first kappa shape index (κ1) is 16.0. The molecule has 0 atom stereocenters. The van der Waals surface area contributed by atoms with Crippen LogP contribution in [0, 0.1) is 11.7 Å². The minimum Gasteiger partial charge on any atom is -0.493 e. The van der Waals surface area contributed by atoms with E-state index in [2.05, 4.69) is 0 Å². The predicted octanol–water partition coefficient (Wildman–Crippen LogP) is 3.75. The Bertz CT molecular complexity index is 619. The van der Waals surface area contributed by atoms with E-state index in [0.29, 0.717) is 24.7 Å². The van der Waals surface area contributed by atoms with Crippen molar-refractivity contribution in [2.45, 2.75) is 19.3 Å². The Morgan fingerprint density at radius 2 is 1.96 bits per heavy atom. The van der Waals surface area contributed by atoms with E-state index in [0.717, 1.165) is 30.8 Å². The minimum atomic E-state index is -0.255. The van der Waals surface area contributed by atoms with Gasteiger partial charge in [0.25, 0.3) is 0 Å². The van der Waals surface area contributed by atoms with Gasteiger partial charge in [-0.15, -0.1) is 11.3 Å². The molecule has 1 amide bonds. The zero-order valence-corrected chi connectivity index (χ0v) is 13.7. The summed E-state index contributed by atoms with van der Waals surface area (Å²) in [7, 11) is 0. The summed E-state index contributed by atoms with van der Waals surface area (Å²) in [4.78, 5) is 15.3. The molecule has 1 aliphatic rings. The molecule has 0 bridgehead atoms. The van der Waals surface area contributed by atoms with E-state index in [1.54, 1.807) is 23.5 Å². The fourth-order valence-corrected chi connectivity index (χ4v) is 3.46. The maximum atomic E-state index is 12.8. The van der Waals surface area contributed by atoms with Crippen molar-refractivity contribution in [3.63, 3.8) is 0 Å². The van der Waals surface area contributed by atoms with Crippen molar-refractivity contribution < 1.29 is 13.9 Å². The highest BCUT2D eigenvalue weighted by Gasteiger charge is 2.23. The summed E-state index contributed by atoms with van der Waals surface area (Å²) in [6.45, 7) is 2.21. The third kappa shape index (κ3) is 4.55. The van der Waals surface area contributed by atoms with E-state index in [4.69, 9.17) is 4.74 Å². The number of amides is 1. The van der Waals surface area contributed by atoms with Crippen LogP contribution in [0.15, 0.2) is 41.8 Å². The Morgan fingerprint density at radius 3 is 2.61 bits per heavy atom. The topological polar surface area (TPSA) is 29.5 Å². The average molecular weight is 333 g/mol. The summed E-state index contributed by atoms with van der Waals surface area (Å²) >= 11 is 1.63. The van der Waals surface area contributed by atoms with Crippen LogP contribution in [-0.2, 0) is 11.2 Å². The Kier molecular flexibility index (Phi) is 5.28. The maximum absolute atomic E-state index is 12.8. The van der Waals surface area contributed by atoms with Crippen molar-refractivity contribution in [1.82, 2.24) is 4.90 Å². The van der Waals surface area contributed by atoms with Crippen molar-refractivity contribution >= 4 is 17.2 Å². The lowest BCUT2D eigenvalue weighted by Gasteiger charge is -2.32. The molecule has 3 nitrogen and oxygen atoms in total. The second-order valence-electron chi connectivity index (χ2n) is 5.85. The molecule has 5 heteroatoms. The Hall–Kier alpha value is -1.88. The van der Waals surface area contributed by atoms with Crippen molar-refractivity contribution in [3.8, 4) is 5.75 Å². The van der Waals surface area contributed by atoms with Gasteiger partial charge in [-0.05, 0) is 54.5 Å². The number of piperidine rings is 1. The third-order valence-corrected chi connectivity index (χ3v) is 5.05. The van der Waals surface area contributed by atoms with Gasteiger partial charge in [0.2, 0.25) is 5.91 Å². The van der Waals surface area contributed by atoms with Gasteiger partial charge in [0.15, 0.2) is 0 Å². The van der Waals surface area contributed by atoms with Gasteiger partial charge in [0.05, 0.1) is 13.0 Å². The molecule has 0 saturated carbocycles. The summed E-state index contributed by atoms with van der Waals surface area (Å²) in [5, 5.41) is 2.00. The molecule has 0 aliphatic carbocycles. The molecule has 0 radical (unpaired) electrons. The van der Waals surface area contributed by atoms with Gasteiger partial charge in [-0.1, -0.05) is 6.07 Å². The highest BCUT2D eigenvalue weighted by molar-refractivity contribution is 7.10. The van der Waals surface area contributed by atoms with Crippen LogP contribution in [0.3, 0.4) is 0 Å². The molecule has 0 N–H and O–H groups in total. The first-order chi connectivity index (χ1) is 11.2. The summed E-state index contributed by atoms with van der Waals surface area (Å²) < 4.78 is 18.6. The molecule has 1 aromatic carbocycles. The van der Waals surface area contributed by atoms with E-state index >= 15 is 0 Å². The first-order valence-corrected chi connectivity index (χ1v) is 8.77. The van der Waals surface area contributed by atoms with Crippen LogP contribution in [0.2, 0.25) is 0 Å². The van der Waals surface area contributed by atoms with Crippen molar-refractivity contribution in [2.75, 3.05) is 19.7 Å². The van der Waals surface area contributed by atoms with Gasteiger partial charge in [-0.3, -0.25) is 4.79 Å². The van der Waals surface area contributed by atoms with Crippen LogP contribution >= 0.6 is 11.3 Å². The number of carbonyl (C=O) groups is 1. The number of thiophene rings is 1. The largest absolute Gasteiger partial charge is 0.493 e. The Morgan fingerprint density at radius 1 is 1.22 bits per heavy atom. The molecule has 122 valence electrons. The monoisotopic (exact) mass is 333 g/mol. The van der Waals surface area contributed by atoms with Crippen LogP contribution in [0.5, 0.6) is 5.75 Å². The quantitative estimate of drug-likeness (QED) is 0.834. The van der Waals surface area contributed by atoms with E-state index in [1.165, 1.54) is 12.1 Å². The summed E-state index contributed by atoms with van der Waals surface area (Å²) in [5.41, 5.74) is 0. The molecule has 0 unspecified atom stereocenters. The zero-order valence-electron chi connectivity index (χ0n) is 12.9. The summed E-state index contributed by atoms with van der Waals surface area (Å²) in [6.07, 6.45) is 2.42. The Balaban J connectivity index is 1.41. The van der Waals surface area contributed by atoms with E-state index in [1.807, 2.05) is 22.4 Å². The number of halogens is 1. The fraction of sp³-hybridized carbons (Fsp3) is 0.389. The number of rotatable bonds is 5. The molecular formula is C18H20FNO2S. The van der Waals surface area contributed by atoms with Gasteiger partial charge in [0.1, 0.15) is 11.6 Å². The van der Waals surface area contributed by atoms with Gasteiger partial charge >= 0.3 is 0 Å². The number of hydrogen-bond donors (Lipinski definition) is 0. The fourth-order valence-electron chi connectivity index (χ4n) is 2.77. The number of ether oxygens (including phenoxy) is 1. The van der Waals surface area contributed by atoms with Crippen LogP contribution in [-0.4, -0.2) is 30.5 Å². The summed E-state index contributed by atoms with van der Waals surface area (Å²) in [5.74, 6) is 1.11. The van der Waals surface area contributed by atoms with Crippen molar-refractivity contribution in [2.24, 2.45) is 5.92 Å². The predicted molar refractivity (Wildman–Crippen MR) is 89.2 cm³/mol. The molecule has 1 fully saturated rings. The molecule has 3 rings (SSSR count). The second kappa shape index (κ2) is 7.59. The highest BCUT2D eigenvalue weighted by Crippen LogP contribution is 2.21. The van der Waals surface area contributed by atoms with Crippen LogP contribution < -0.4 is 4.74 Å². The number of benzene rings is 1. The molecular weight excluding hydrogens is 313 g/mol. The normalized spacial score (nSPS) is 15.6. The summed E-state index contributed by atoms with van der Waals surface area (Å²) in [6, 6.07) is 10.1. The molecule has 0 spiro atoms. The van der Waals surface area contributed by atoms with Gasteiger partial charge in [-0.25, -0.2) is 4.39 Å². The SMILES string of the molecule is O=C(Cc1cccs1)N1CCC(COc2ccc(F)cc2)CC1. The Labute approximate surface area is 139 Å². The van der Waals surface area contributed by atoms with Crippen molar-refractivity contribution in [3.05, 3.63) is 52.5 Å². The second-order valence-corrected chi connectivity index (χ2v) is 6.88. The van der Waals surface area contributed by atoms with Crippen LogP contribution in [0.1, 0.15) is 17.7 Å². The van der Waals surface area contributed by atoms with E-state index < -0.39 is 0 Å². The molecule has 2 aromatic rings. The number of nitrogens with zero attached hydrogens (tertiary/aromatic N) is 1. The van der Waals surface area contributed by atoms with Gasteiger partial charge in [-0.2, -0.15) is 0 Å². The first-order valence-electron chi connectivity index (χ1n) is 7.89. The third-order valence-electron chi connectivity index (χ3n) is 4.17. The number of hydrogen-bond acceptors (Lipinski definition) is 3. The number of carbonyl (C=O) groups excluding carboxylic acids is 1. The lowest BCUT2D eigenvalue weighted by atomic mass is 9.97. The number of likely N-dealkylation sites (tertiary alicyclic amines) is 1. The van der Waals surface area contributed by atoms with E-state index in [-0.39, 0.29) is 11.7 Å². The molecule has 2 heterocycles. The lowest BCUT2D eigenvalue weighted by Crippen LogP contribution is -2.40. The molecule has 23 heavy (non-hydrogen) atoms. The maximum Gasteiger partial charge on any atom is 0.227 e.